The fourth-order valence-electron chi connectivity index (χ4n) is 10.4. The fraction of sp³-hybridized carbons (Fsp3) is 0. The van der Waals surface area contributed by atoms with E-state index in [1.165, 1.54) is 113 Å². The first kappa shape index (κ1) is 33.1. The number of rotatable bonds is 3. The summed E-state index contributed by atoms with van der Waals surface area (Å²) in [4.78, 5) is 0. The molecule has 0 amide bonds. The predicted octanol–water partition coefficient (Wildman–Crippen LogP) is 17.0. The van der Waals surface area contributed by atoms with Crippen LogP contribution in [0.3, 0.4) is 0 Å². The molecule has 3 heteroatoms. The molecule has 2 nitrogen and oxygen atoms in total. The minimum atomic E-state index is 0.903. The average molecular weight is 792 g/mol. The molecule has 0 aliphatic heterocycles. The van der Waals surface area contributed by atoms with Crippen molar-refractivity contribution in [1.82, 2.24) is 4.57 Å². The Morgan fingerprint density at radius 3 is 1.61 bits per heavy atom. The highest BCUT2D eigenvalue weighted by atomic mass is 32.1. The maximum atomic E-state index is 6.55. The van der Waals surface area contributed by atoms with Gasteiger partial charge in [0.05, 0.1) is 15.7 Å². The lowest BCUT2D eigenvalue weighted by atomic mass is 9.85. The third-order valence-corrected chi connectivity index (χ3v) is 14.3. The van der Waals surface area contributed by atoms with Crippen LogP contribution in [0.15, 0.2) is 205 Å². The largest absolute Gasteiger partial charge is 0.456 e. The van der Waals surface area contributed by atoms with Gasteiger partial charge in [0.1, 0.15) is 11.2 Å². The Balaban J connectivity index is 1.01. The van der Waals surface area contributed by atoms with Crippen LogP contribution in [-0.2, 0) is 0 Å². The molecule has 0 bridgehead atoms. The van der Waals surface area contributed by atoms with Crippen LogP contribution in [0.25, 0.3) is 135 Å². The summed E-state index contributed by atoms with van der Waals surface area (Å²) < 4.78 is 11.7. The molecular weight excluding hydrogens is 759 g/mol. The molecular formula is C58H33NOS. The first-order chi connectivity index (χ1) is 30.2. The quantitative estimate of drug-likeness (QED) is 0.163. The summed E-state index contributed by atoms with van der Waals surface area (Å²) >= 11 is 1.89. The van der Waals surface area contributed by atoms with Crippen LogP contribution in [0.1, 0.15) is 0 Å². The van der Waals surface area contributed by atoms with Gasteiger partial charge in [-0.2, -0.15) is 0 Å². The van der Waals surface area contributed by atoms with Gasteiger partial charge >= 0.3 is 0 Å². The second kappa shape index (κ2) is 12.4. The topological polar surface area (TPSA) is 18.1 Å². The molecule has 0 aliphatic carbocycles. The molecule has 3 heterocycles. The van der Waals surface area contributed by atoms with E-state index in [-0.39, 0.29) is 0 Å². The lowest BCUT2D eigenvalue weighted by Crippen LogP contribution is -1.93. The van der Waals surface area contributed by atoms with Crippen LogP contribution in [0.2, 0.25) is 0 Å². The Labute approximate surface area is 353 Å². The molecule has 3 aromatic heterocycles. The monoisotopic (exact) mass is 791 g/mol. The highest BCUT2D eigenvalue weighted by molar-refractivity contribution is 7.26. The summed E-state index contributed by atoms with van der Waals surface area (Å²) in [6.07, 6.45) is 0. The van der Waals surface area contributed by atoms with Gasteiger partial charge in [0.15, 0.2) is 0 Å². The van der Waals surface area contributed by atoms with Gasteiger partial charge < -0.3 is 8.98 Å². The molecule has 0 N–H and O–H groups in total. The zero-order valence-electron chi connectivity index (χ0n) is 32.8. The molecule has 14 aromatic rings. The Morgan fingerprint density at radius 2 is 0.902 bits per heavy atom. The van der Waals surface area contributed by atoms with Crippen molar-refractivity contribution in [1.29, 1.82) is 0 Å². The Kier molecular flexibility index (Phi) is 6.74. The molecule has 282 valence electrons. The SMILES string of the molecule is c1ccc(-n2c3ccc(-c4c5ccccc5c(-c5ccc6oc7cc8cc9ccccc9cc8cc7c6c5)c5ccccc45)cc3c3ccc4c5ccccc5sc4c32)cc1. The summed E-state index contributed by atoms with van der Waals surface area (Å²) in [5.41, 5.74) is 10.4. The number of fused-ring (bicyclic) bond motifs is 14. The summed E-state index contributed by atoms with van der Waals surface area (Å²) in [6.45, 7) is 0. The van der Waals surface area contributed by atoms with Gasteiger partial charge in [-0.05, 0) is 132 Å². The zero-order valence-corrected chi connectivity index (χ0v) is 33.6. The molecule has 0 spiro atoms. The minimum Gasteiger partial charge on any atom is -0.456 e. The molecule has 0 atom stereocenters. The number of hydrogen-bond acceptors (Lipinski definition) is 2. The molecule has 0 radical (unpaired) electrons. The van der Waals surface area contributed by atoms with E-state index in [0.29, 0.717) is 0 Å². The molecule has 11 aromatic carbocycles. The Hall–Kier alpha value is -7.72. The van der Waals surface area contributed by atoms with Crippen LogP contribution in [0, 0.1) is 0 Å². The summed E-state index contributed by atoms with van der Waals surface area (Å²) in [5.74, 6) is 0. The molecule has 0 aliphatic rings. The number of para-hydroxylation sites is 1. The van der Waals surface area contributed by atoms with Crippen molar-refractivity contribution in [2.24, 2.45) is 0 Å². The van der Waals surface area contributed by atoms with E-state index in [1.54, 1.807) is 0 Å². The minimum absolute atomic E-state index is 0.903. The lowest BCUT2D eigenvalue weighted by Gasteiger charge is -2.18. The van der Waals surface area contributed by atoms with Crippen molar-refractivity contribution in [3.8, 4) is 27.9 Å². The van der Waals surface area contributed by atoms with Gasteiger partial charge in [-0.1, -0.05) is 133 Å². The van der Waals surface area contributed by atoms with E-state index >= 15 is 0 Å². The standard InChI is InChI=1S/C58H33NOS/c1-2-14-40(15-3-1)59-51-26-22-36(30-48(51)46-24-25-47-41-16-10-11-21-54(41)61-58(47)57(46)59)55-42-17-6-8-19-44(42)56(45-20-9-7-18-43(45)55)37-23-27-52-49(31-37)50-32-38-28-34-12-4-5-13-35(34)29-39(38)33-53(50)60-52/h1-33H. The lowest BCUT2D eigenvalue weighted by molar-refractivity contribution is 0.669. The second-order valence-electron chi connectivity index (χ2n) is 16.4. The molecule has 0 unspecified atom stereocenters. The van der Waals surface area contributed by atoms with Crippen molar-refractivity contribution < 1.29 is 4.42 Å². The number of thiophene rings is 1. The predicted molar refractivity (Wildman–Crippen MR) is 262 cm³/mol. The van der Waals surface area contributed by atoms with E-state index in [4.69, 9.17) is 4.42 Å². The number of hydrogen-bond donors (Lipinski definition) is 0. The van der Waals surface area contributed by atoms with E-state index in [2.05, 4.69) is 205 Å². The van der Waals surface area contributed by atoms with Gasteiger partial charge in [-0.3, -0.25) is 0 Å². The molecule has 0 fully saturated rings. The number of nitrogens with zero attached hydrogens (tertiary/aromatic N) is 1. The van der Waals surface area contributed by atoms with Gasteiger partial charge in [0.25, 0.3) is 0 Å². The van der Waals surface area contributed by atoms with Gasteiger partial charge in [0.2, 0.25) is 0 Å². The van der Waals surface area contributed by atoms with Crippen molar-refractivity contribution >= 4 is 118 Å². The van der Waals surface area contributed by atoms with E-state index in [9.17, 15) is 0 Å². The highest BCUT2D eigenvalue weighted by Crippen LogP contribution is 2.48. The summed E-state index contributed by atoms with van der Waals surface area (Å²) in [6, 6.07) is 73.8. The van der Waals surface area contributed by atoms with Crippen molar-refractivity contribution in [2.75, 3.05) is 0 Å². The Bertz CT molecular complexity index is 4110. The zero-order chi connectivity index (χ0) is 39.8. The third kappa shape index (κ3) is 4.72. The maximum Gasteiger partial charge on any atom is 0.136 e. The van der Waals surface area contributed by atoms with Gasteiger partial charge in [0, 0.05) is 42.7 Å². The van der Waals surface area contributed by atoms with Crippen LogP contribution in [-0.4, -0.2) is 4.57 Å². The molecule has 14 rings (SSSR count). The maximum absolute atomic E-state index is 6.55. The van der Waals surface area contributed by atoms with Crippen LogP contribution < -0.4 is 0 Å². The first-order valence-electron chi connectivity index (χ1n) is 20.9. The van der Waals surface area contributed by atoms with E-state index in [1.807, 2.05) is 11.3 Å². The van der Waals surface area contributed by atoms with Crippen LogP contribution in [0.5, 0.6) is 0 Å². The number of furan rings is 1. The van der Waals surface area contributed by atoms with E-state index in [0.717, 1.165) is 21.9 Å². The average Bonchev–Trinajstić information content (AvgIpc) is 3.98. The smallest absolute Gasteiger partial charge is 0.136 e. The third-order valence-electron chi connectivity index (χ3n) is 13.1. The fourth-order valence-corrected chi connectivity index (χ4v) is 11.6. The summed E-state index contributed by atoms with van der Waals surface area (Å²) in [7, 11) is 0. The molecule has 0 saturated heterocycles. The first-order valence-corrected chi connectivity index (χ1v) is 21.7. The number of benzene rings is 11. The van der Waals surface area contributed by atoms with Gasteiger partial charge in [-0.15, -0.1) is 11.3 Å². The van der Waals surface area contributed by atoms with Crippen LogP contribution >= 0.6 is 11.3 Å². The van der Waals surface area contributed by atoms with Gasteiger partial charge in [-0.25, -0.2) is 0 Å². The van der Waals surface area contributed by atoms with Crippen molar-refractivity contribution in [3.05, 3.63) is 200 Å². The van der Waals surface area contributed by atoms with Crippen LogP contribution in [0.4, 0.5) is 0 Å². The second-order valence-corrected chi connectivity index (χ2v) is 17.4. The normalized spacial score (nSPS) is 12.3. The summed E-state index contributed by atoms with van der Waals surface area (Å²) in [5, 5.41) is 17.3. The molecule has 61 heavy (non-hydrogen) atoms. The Morgan fingerprint density at radius 1 is 0.344 bits per heavy atom. The number of aromatic nitrogens is 1. The van der Waals surface area contributed by atoms with Crippen molar-refractivity contribution in [2.45, 2.75) is 0 Å². The van der Waals surface area contributed by atoms with Crippen molar-refractivity contribution in [3.63, 3.8) is 0 Å². The molecule has 0 saturated carbocycles. The highest BCUT2D eigenvalue weighted by Gasteiger charge is 2.22. The van der Waals surface area contributed by atoms with E-state index < -0.39 is 0 Å².